The molecule has 0 radical (unpaired) electrons. The molecule has 0 atom stereocenters. The van der Waals surface area contributed by atoms with E-state index in [0.717, 1.165) is 4.90 Å². The van der Waals surface area contributed by atoms with Gasteiger partial charge in [0.2, 0.25) is 0 Å². The zero-order chi connectivity index (χ0) is 22.9. The standard InChI is InChI=1S/C21H18F3N3O4/c1-11(2)27-18(29)14-8-7-12(9-15(14)19(27)30)17(28)25-10-13-5-3-4-6-16(13)26-20(31)21(22,23)24/h3-9,11H,10H2,1-2H3,(H,25,28)(H,26,31). The molecular formula is C21H18F3N3O4. The van der Waals surface area contributed by atoms with Crippen molar-refractivity contribution in [1.82, 2.24) is 10.2 Å². The van der Waals surface area contributed by atoms with Crippen molar-refractivity contribution < 1.29 is 32.3 Å². The van der Waals surface area contributed by atoms with Crippen molar-refractivity contribution in [3.8, 4) is 0 Å². The summed E-state index contributed by atoms with van der Waals surface area (Å²) in [5, 5.41) is 4.31. The first kappa shape index (κ1) is 22.0. The van der Waals surface area contributed by atoms with E-state index in [1.807, 2.05) is 0 Å². The van der Waals surface area contributed by atoms with Gasteiger partial charge in [-0.3, -0.25) is 24.1 Å². The van der Waals surface area contributed by atoms with Crippen LogP contribution in [0.2, 0.25) is 0 Å². The van der Waals surface area contributed by atoms with Crippen molar-refractivity contribution >= 4 is 29.3 Å². The topological polar surface area (TPSA) is 95.6 Å². The second kappa shape index (κ2) is 8.21. The molecule has 0 unspecified atom stereocenters. The van der Waals surface area contributed by atoms with Crippen LogP contribution in [0.3, 0.4) is 0 Å². The molecule has 0 spiro atoms. The zero-order valence-electron chi connectivity index (χ0n) is 16.5. The van der Waals surface area contributed by atoms with Crippen LogP contribution in [0.5, 0.6) is 0 Å². The van der Waals surface area contributed by atoms with Gasteiger partial charge in [0, 0.05) is 23.8 Å². The highest BCUT2D eigenvalue weighted by atomic mass is 19.4. The quantitative estimate of drug-likeness (QED) is 0.709. The van der Waals surface area contributed by atoms with Gasteiger partial charge >= 0.3 is 12.1 Å². The second-order valence-electron chi connectivity index (χ2n) is 7.13. The molecule has 0 saturated heterocycles. The van der Waals surface area contributed by atoms with Crippen LogP contribution < -0.4 is 10.6 Å². The lowest BCUT2D eigenvalue weighted by Crippen LogP contribution is -2.35. The Balaban J connectivity index is 1.75. The van der Waals surface area contributed by atoms with Crippen LogP contribution in [-0.4, -0.2) is 40.7 Å². The average Bonchev–Trinajstić information content (AvgIpc) is 2.96. The van der Waals surface area contributed by atoms with E-state index in [-0.39, 0.29) is 40.5 Å². The van der Waals surface area contributed by atoms with Gasteiger partial charge in [-0.2, -0.15) is 13.2 Å². The molecule has 1 aliphatic rings. The van der Waals surface area contributed by atoms with E-state index in [2.05, 4.69) is 5.32 Å². The van der Waals surface area contributed by atoms with E-state index in [0.29, 0.717) is 0 Å². The lowest BCUT2D eigenvalue weighted by Gasteiger charge is -2.17. The summed E-state index contributed by atoms with van der Waals surface area (Å²) in [6.45, 7) is 3.23. The number of hydrogen-bond donors (Lipinski definition) is 2. The molecule has 2 N–H and O–H groups in total. The van der Waals surface area contributed by atoms with Crippen molar-refractivity contribution in [1.29, 1.82) is 0 Å². The monoisotopic (exact) mass is 433 g/mol. The van der Waals surface area contributed by atoms with Crippen LogP contribution in [0.1, 0.15) is 50.5 Å². The number of anilines is 1. The van der Waals surface area contributed by atoms with Crippen molar-refractivity contribution in [3.05, 3.63) is 64.7 Å². The molecule has 31 heavy (non-hydrogen) atoms. The highest BCUT2D eigenvalue weighted by molar-refractivity contribution is 6.22. The number of imide groups is 1. The van der Waals surface area contributed by atoms with Crippen LogP contribution in [-0.2, 0) is 11.3 Å². The number of hydrogen-bond acceptors (Lipinski definition) is 4. The fourth-order valence-corrected chi connectivity index (χ4v) is 3.14. The van der Waals surface area contributed by atoms with E-state index in [4.69, 9.17) is 0 Å². The van der Waals surface area contributed by atoms with Crippen molar-refractivity contribution in [2.75, 3.05) is 5.32 Å². The largest absolute Gasteiger partial charge is 0.471 e. The number of carbonyl (C=O) groups excluding carboxylic acids is 4. The summed E-state index contributed by atoms with van der Waals surface area (Å²) in [6, 6.07) is 9.48. The Morgan fingerprint density at radius 2 is 1.65 bits per heavy atom. The number of carbonyl (C=O) groups is 4. The van der Waals surface area contributed by atoms with Crippen molar-refractivity contribution in [3.63, 3.8) is 0 Å². The summed E-state index contributed by atoms with van der Waals surface area (Å²) < 4.78 is 37.5. The molecule has 162 valence electrons. The van der Waals surface area contributed by atoms with Gasteiger partial charge in [-0.05, 0) is 43.7 Å². The molecule has 2 aromatic rings. The maximum atomic E-state index is 12.5. The Morgan fingerprint density at radius 1 is 1.00 bits per heavy atom. The van der Waals surface area contributed by atoms with E-state index < -0.39 is 29.8 Å². The molecule has 1 heterocycles. The number of amides is 4. The van der Waals surface area contributed by atoms with Gasteiger partial charge in [0.25, 0.3) is 17.7 Å². The zero-order valence-corrected chi connectivity index (χ0v) is 16.5. The summed E-state index contributed by atoms with van der Waals surface area (Å²) in [6.07, 6.45) is -5.05. The van der Waals surface area contributed by atoms with Crippen LogP contribution in [0.15, 0.2) is 42.5 Å². The smallest absolute Gasteiger partial charge is 0.348 e. The third-order valence-electron chi connectivity index (χ3n) is 4.66. The molecule has 0 saturated carbocycles. The van der Waals surface area contributed by atoms with Gasteiger partial charge < -0.3 is 10.6 Å². The molecule has 0 bridgehead atoms. The Hall–Kier alpha value is -3.69. The molecule has 10 heteroatoms. The molecule has 3 rings (SSSR count). The van der Waals surface area contributed by atoms with E-state index in [1.54, 1.807) is 25.2 Å². The summed E-state index contributed by atoms with van der Waals surface area (Å²) in [7, 11) is 0. The van der Waals surface area contributed by atoms with Gasteiger partial charge in [0.05, 0.1) is 11.1 Å². The molecule has 0 fully saturated rings. The number of para-hydroxylation sites is 1. The van der Waals surface area contributed by atoms with E-state index >= 15 is 0 Å². The molecule has 2 aromatic carbocycles. The SMILES string of the molecule is CC(C)N1C(=O)c2ccc(C(=O)NCc3ccccc3NC(=O)C(F)(F)F)cc2C1=O. The number of nitrogens with one attached hydrogen (secondary N) is 2. The minimum atomic E-state index is -5.05. The summed E-state index contributed by atoms with van der Waals surface area (Å²) in [5.41, 5.74) is 0.598. The maximum absolute atomic E-state index is 12.5. The molecule has 0 aliphatic carbocycles. The number of benzene rings is 2. The van der Waals surface area contributed by atoms with E-state index in [9.17, 15) is 32.3 Å². The van der Waals surface area contributed by atoms with Crippen LogP contribution in [0.25, 0.3) is 0 Å². The van der Waals surface area contributed by atoms with Crippen molar-refractivity contribution in [2.24, 2.45) is 0 Å². The third-order valence-corrected chi connectivity index (χ3v) is 4.66. The van der Waals surface area contributed by atoms with Crippen LogP contribution >= 0.6 is 0 Å². The highest BCUT2D eigenvalue weighted by Gasteiger charge is 2.39. The fourth-order valence-electron chi connectivity index (χ4n) is 3.14. The van der Waals surface area contributed by atoms with Gasteiger partial charge in [-0.1, -0.05) is 18.2 Å². The normalized spacial score (nSPS) is 13.4. The average molecular weight is 433 g/mol. The number of fused-ring (bicyclic) bond motifs is 1. The van der Waals surface area contributed by atoms with Gasteiger partial charge in [0.1, 0.15) is 0 Å². The molecule has 4 amide bonds. The minimum Gasteiger partial charge on any atom is -0.348 e. The summed E-state index contributed by atoms with van der Waals surface area (Å²) >= 11 is 0. The Kier molecular flexibility index (Phi) is 5.83. The van der Waals surface area contributed by atoms with Gasteiger partial charge in [-0.15, -0.1) is 0 Å². The fraction of sp³-hybridized carbons (Fsp3) is 0.238. The lowest BCUT2D eigenvalue weighted by molar-refractivity contribution is -0.167. The second-order valence-corrected chi connectivity index (χ2v) is 7.13. The maximum Gasteiger partial charge on any atom is 0.471 e. The Morgan fingerprint density at radius 3 is 2.29 bits per heavy atom. The summed E-state index contributed by atoms with van der Waals surface area (Å²) in [4.78, 5) is 49.6. The Labute approximate surface area is 175 Å². The van der Waals surface area contributed by atoms with E-state index in [1.165, 1.54) is 36.4 Å². The van der Waals surface area contributed by atoms with Crippen LogP contribution in [0, 0.1) is 0 Å². The number of alkyl halides is 3. The molecule has 7 nitrogen and oxygen atoms in total. The van der Waals surface area contributed by atoms with Gasteiger partial charge in [-0.25, -0.2) is 0 Å². The molecular weight excluding hydrogens is 415 g/mol. The minimum absolute atomic E-state index is 0.0903. The van der Waals surface area contributed by atoms with Crippen molar-refractivity contribution in [2.45, 2.75) is 32.6 Å². The summed E-state index contributed by atoms with van der Waals surface area (Å²) in [5.74, 6) is -3.65. The number of halogens is 3. The first-order valence-corrected chi connectivity index (χ1v) is 9.27. The van der Waals surface area contributed by atoms with Crippen LogP contribution in [0.4, 0.5) is 18.9 Å². The highest BCUT2D eigenvalue weighted by Crippen LogP contribution is 2.26. The number of rotatable bonds is 5. The predicted octanol–water partition coefficient (Wildman–Crippen LogP) is 3.12. The molecule has 1 aliphatic heterocycles. The first-order valence-electron chi connectivity index (χ1n) is 9.27. The molecule has 0 aromatic heterocycles. The Bertz CT molecular complexity index is 1080. The lowest BCUT2D eigenvalue weighted by atomic mass is 10.1. The first-order chi connectivity index (χ1) is 14.5. The predicted molar refractivity (Wildman–Crippen MR) is 104 cm³/mol. The number of nitrogens with zero attached hydrogens (tertiary/aromatic N) is 1. The van der Waals surface area contributed by atoms with Gasteiger partial charge in [0.15, 0.2) is 0 Å². The third kappa shape index (κ3) is 4.42.